The lowest BCUT2D eigenvalue weighted by atomic mass is 10.1. The number of halogens is 1. The normalized spacial score (nSPS) is 10.8. The summed E-state index contributed by atoms with van der Waals surface area (Å²) in [6.45, 7) is 0.475. The monoisotopic (exact) mass is 388 g/mol. The summed E-state index contributed by atoms with van der Waals surface area (Å²) in [6.07, 6.45) is 1.53. The Morgan fingerprint density at radius 3 is 2.32 bits per heavy atom. The number of anilines is 1. The fourth-order valence-corrected chi connectivity index (χ4v) is 2.57. The second-order valence-corrected chi connectivity index (χ2v) is 6.41. The zero-order chi connectivity index (χ0) is 19.8. The number of benzene rings is 3. The van der Waals surface area contributed by atoms with Gasteiger partial charge in [0.1, 0.15) is 24.0 Å². The van der Waals surface area contributed by atoms with Crippen molar-refractivity contribution in [3.8, 4) is 11.8 Å². The Morgan fingerprint density at radius 2 is 1.68 bits per heavy atom. The molecular weight excluding hydrogens is 372 g/mol. The second-order valence-electron chi connectivity index (χ2n) is 5.97. The van der Waals surface area contributed by atoms with E-state index in [0.29, 0.717) is 23.1 Å². The van der Waals surface area contributed by atoms with E-state index in [9.17, 15) is 10.1 Å². The first-order valence-corrected chi connectivity index (χ1v) is 8.97. The van der Waals surface area contributed by atoms with E-state index in [-0.39, 0.29) is 5.57 Å². The molecule has 5 heteroatoms. The van der Waals surface area contributed by atoms with Gasteiger partial charge in [0.25, 0.3) is 5.91 Å². The standard InChI is InChI=1S/C23H17ClN2O2/c24-20-8-10-21(11-9-20)26-23(27)19(15-25)14-17-6-12-22(13-7-17)28-16-18-4-2-1-3-5-18/h1-14H,16H2,(H,26,27)/b19-14+. The van der Waals surface area contributed by atoms with Crippen molar-refractivity contribution >= 4 is 29.3 Å². The summed E-state index contributed by atoms with van der Waals surface area (Å²) >= 11 is 5.83. The molecule has 28 heavy (non-hydrogen) atoms. The Labute approximate surface area is 168 Å². The van der Waals surface area contributed by atoms with Gasteiger partial charge in [-0.3, -0.25) is 4.79 Å². The molecule has 1 N–H and O–H groups in total. The summed E-state index contributed by atoms with van der Waals surface area (Å²) in [5, 5.41) is 12.6. The molecule has 0 aliphatic carbocycles. The summed E-state index contributed by atoms with van der Waals surface area (Å²) in [5.74, 6) is 0.236. The number of nitrogens with one attached hydrogen (secondary N) is 1. The van der Waals surface area contributed by atoms with Gasteiger partial charge in [0, 0.05) is 10.7 Å². The number of rotatable bonds is 6. The van der Waals surface area contributed by atoms with Gasteiger partial charge in [0.2, 0.25) is 0 Å². The molecular formula is C23H17ClN2O2. The third-order valence-corrected chi connectivity index (χ3v) is 4.16. The average Bonchev–Trinajstić information content (AvgIpc) is 2.73. The number of ether oxygens (including phenoxy) is 1. The zero-order valence-corrected chi connectivity index (χ0v) is 15.7. The van der Waals surface area contributed by atoms with Crippen molar-refractivity contribution < 1.29 is 9.53 Å². The van der Waals surface area contributed by atoms with Crippen LogP contribution in [0, 0.1) is 11.3 Å². The van der Waals surface area contributed by atoms with Crippen LogP contribution in [-0.4, -0.2) is 5.91 Å². The highest BCUT2D eigenvalue weighted by molar-refractivity contribution is 6.30. The van der Waals surface area contributed by atoms with Crippen LogP contribution in [0.1, 0.15) is 11.1 Å². The van der Waals surface area contributed by atoms with Crippen molar-refractivity contribution in [2.24, 2.45) is 0 Å². The van der Waals surface area contributed by atoms with Gasteiger partial charge in [-0.15, -0.1) is 0 Å². The first kappa shape index (κ1) is 19.2. The molecule has 0 heterocycles. The highest BCUT2D eigenvalue weighted by Gasteiger charge is 2.09. The van der Waals surface area contributed by atoms with Crippen LogP contribution in [0.25, 0.3) is 6.08 Å². The van der Waals surface area contributed by atoms with Gasteiger partial charge >= 0.3 is 0 Å². The fraction of sp³-hybridized carbons (Fsp3) is 0.0435. The highest BCUT2D eigenvalue weighted by Crippen LogP contribution is 2.18. The van der Waals surface area contributed by atoms with E-state index < -0.39 is 5.91 Å². The second kappa shape index (κ2) is 9.40. The molecule has 0 unspecified atom stereocenters. The quantitative estimate of drug-likeness (QED) is 0.450. The number of nitriles is 1. The Bertz CT molecular complexity index is 1010. The van der Waals surface area contributed by atoms with Crippen molar-refractivity contribution in [1.29, 1.82) is 5.26 Å². The third-order valence-electron chi connectivity index (χ3n) is 3.91. The van der Waals surface area contributed by atoms with Crippen molar-refractivity contribution in [3.63, 3.8) is 0 Å². The van der Waals surface area contributed by atoms with Gasteiger partial charge in [-0.2, -0.15) is 5.26 Å². The first-order chi connectivity index (χ1) is 13.6. The molecule has 0 bridgehead atoms. The summed E-state index contributed by atoms with van der Waals surface area (Å²) in [5.41, 5.74) is 2.39. The molecule has 138 valence electrons. The number of hydrogen-bond donors (Lipinski definition) is 1. The Hall–Kier alpha value is -3.55. The van der Waals surface area contributed by atoms with Gasteiger partial charge in [-0.1, -0.05) is 54.1 Å². The van der Waals surface area contributed by atoms with Crippen molar-refractivity contribution in [3.05, 3.63) is 101 Å². The van der Waals surface area contributed by atoms with Gasteiger partial charge in [-0.05, 0) is 53.6 Å². The molecule has 4 nitrogen and oxygen atoms in total. The van der Waals surface area contributed by atoms with Crippen molar-refractivity contribution in [2.75, 3.05) is 5.32 Å². The van der Waals surface area contributed by atoms with Crippen molar-refractivity contribution in [2.45, 2.75) is 6.61 Å². The third kappa shape index (κ3) is 5.47. The first-order valence-electron chi connectivity index (χ1n) is 8.59. The van der Waals surface area contributed by atoms with E-state index in [1.165, 1.54) is 6.08 Å². The minimum absolute atomic E-state index is 0.00732. The van der Waals surface area contributed by atoms with Crippen LogP contribution in [0.3, 0.4) is 0 Å². The summed E-state index contributed by atoms with van der Waals surface area (Å²) < 4.78 is 5.74. The van der Waals surface area contributed by atoms with E-state index in [4.69, 9.17) is 16.3 Å². The van der Waals surface area contributed by atoms with E-state index in [1.54, 1.807) is 48.5 Å². The molecule has 0 atom stereocenters. The van der Waals surface area contributed by atoms with E-state index in [1.807, 2.05) is 36.4 Å². The van der Waals surface area contributed by atoms with Gasteiger partial charge in [0.05, 0.1) is 0 Å². The summed E-state index contributed by atoms with van der Waals surface area (Å²) in [6, 6.07) is 25.7. The van der Waals surface area contributed by atoms with Gasteiger partial charge in [0.15, 0.2) is 0 Å². The molecule has 0 aromatic heterocycles. The van der Waals surface area contributed by atoms with Crippen LogP contribution in [0.2, 0.25) is 5.02 Å². The van der Waals surface area contributed by atoms with Crippen LogP contribution in [0.5, 0.6) is 5.75 Å². The predicted molar refractivity (Wildman–Crippen MR) is 111 cm³/mol. The molecule has 0 aliphatic heterocycles. The lowest BCUT2D eigenvalue weighted by molar-refractivity contribution is -0.112. The molecule has 0 saturated heterocycles. The number of amides is 1. The lowest BCUT2D eigenvalue weighted by Crippen LogP contribution is -2.13. The molecule has 0 spiro atoms. The van der Waals surface area contributed by atoms with Gasteiger partial charge in [-0.25, -0.2) is 0 Å². The largest absolute Gasteiger partial charge is 0.489 e. The number of hydrogen-bond acceptors (Lipinski definition) is 3. The number of nitrogens with zero attached hydrogens (tertiary/aromatic N) is 1. The minimum atomic E-state index is -0.478. The maximum absolute atomic E-state index is 12.3. The topological polar surface area (TPSA) is 62.1 Å². The molecule has 1 amide bonds. The number of carbonyl (C=O) groups excluding carboxylic acids is 1. The van der Waals surface area contributed by atoms with Crippen LogP contribution < -0.4 is 10.1 Å². The Balaban J connectivity index is 1.64. The maximum Gasteiger partial charge on any atom is 0.266 e. The Kier molecular flexibility index (Phi) is 6.46. The molecule has 0 aliphatic rings. The van der Waals surface area contributed by atoms with Crippen LogP contribution in [-0.2, 0) is 11.4 Å². The summed E-state index contributed by atoms with van der Waals surface area (Å²) in [7, 11) is 0. The predicted octanol–water partition coefficient (Wildman–Crippen LogP) is 5.46. The lowest BCUT2D eigenvalue weighted by Gasteiger charge is -2.07. The van der Waals surface area contributed by atoms with E-state index in [0.717, 1.165) is 11.1 Å². The molecule has 3 aromatic rings. The SMILES string of the molecule is N#C/C(=C\c1ccc(OCc2ccccc2)cc1)C(=O)Nc1ccc(Cl)cc1. The van der Waals surface area contributed by atoms with Crippen LogP contribution in [0.4, 0.5) is 5.69 Å². The van der Waals surface area contributed by atoms with Crippen LogP contribution in [0.15, 0.2) is 84.4 Å². The molecule has 3 aromatic carbocycles. The van der Waals surface area contributed by atoms with E-state index >= 15 is 0 Å². The van der Waals surface area contributed by atoms with E-state index in [2.05, 4.69) is 5.32 Å². The summed E-state index contributed by atoms with van der Waals surface area (Å²) in [4.78, 5) is 12.3. The van der Waals surface area contributed by atoms with Crippen molar-refractivity contribution in [1.82, 2.24) is 0 Å². The fourth-order valence-electron chi connectivity index (χ4n) is 2.45. The maximum atomic E-state index is 12.3. The minimum Gasteiger partial charge on any atom is -0.489 e. The number of carbonyl (C=O) groups is 1. The zero-order valence-electron chi connectivity index (χ0n) is 14.9. The molecule has 3 rings (SSSR count). The molecule has 0 saturated carbocycles. The Morgan fingerprint density at radius 1 is 1.00 bits per heavy atom. The van der Waals surface area contributed by atoms with Crippen LogP contribution >= 0.6 is 11.6 Å². The average molecular weight is 389 g/mol. The smallest absolute Gasteiger partial charge is 0.266 e. The molecule has 0 radical (unpaired) electrons. The molecule has 0 fully saturated rings. The van der Waals surface area contributed by atoms with Gasteiger partial charge < -0.3 is 10.1 Å². The highest BCUT2D eigenvalue weighted by atomic mass is 35.5.